The van der Waals surface area contributed by atoms with E-state index in [9.17, 15) is 0 Å². The van der Waals surface area contributed by atoms with Crippen LogP contribution in [0, 0.1) is 6.92 Å². The molecular weight excluding hydrogens is 228 g/mol. The third-order valence-electron chi connectivity index (χ3n) is 2.78. The number of thiazole rings is 1. The molecule has 0 aliphatic carbocycles. The molecule has 17 heavy (non-hydrogen) atoms. The molecule has 2 rings (SSSR count). The molecule has 0 radical (unpaired) electrons. The van der Waals surface area contributed by atoms with Crippen LogP contribution in [0.5, 0.6) is 0 Å². The molecule has 0 saturated carbocycles. The molecule has 0 spiro atoms. The minimum Gasteiger partial charge on any atom is -0.308 e. The molecule has 0 atom stereocenters. The number of nitrogens with zero attached hydrogens (tertiary/aromatic N) is 1. The second-order valence-electron chi connectivity index (χ2n) is 4.10. The van der Waals surface area contributed by atoms with Gasteiger partial charge in [-0.2, -0.15) is 0 Å². The van der Waals surface area contributed by atoms with Crippen LogP contribution in [0.15, 0.2) is 30.5 Å². The topological polar surface area (TPSA) is 24.9 Å². The molecule has 2 aromatic rings. The van der Waals surface area contributed by atoms with Gasteiger partial charge in [0.2, 0.25) is 0 Å². The molecule has 0 bridgehead atoms. The van der Waals surface area contributed by atoms with Crippen molar-refractivity contribution in [1.29, 1.82) is 0 Å². The van der Waals surface area contributed by atoms with Crippen LogP contribution < -0.4 is 5.32 Å². The van der Waals surface area contributed by atoms with E-state index in [2.05, 4.69) is 48.4 Å². The molecule has 0 unspecified atom stereocenters. The smallest absolute Gasteiger partial charge is 0.0925 e. The average molecular weight is 246 g/mol. The first-order chi connectivity index (χ1) is 8.29. The van der Waals surface area contributed by atoms with Crippen molar-refractivity contribution in [2.75, 3.05) is 0 Å². The summed E-state index contributed by atoms with van der Waals surface area (Å²) in [5.74, 6) is 0. The van der Waals surface area contributed by atoms with Crippen LogP contribution in [-0.2, 0) is 19.5 Å². The zero-order chi connectivity index (χ0) is 12.1. The highest BCUT2D eigenvalue weighted by molar-refractivity contribution is 7.11. The van der Waals surface area contributed by atoms with Gasteiger partial charge in [0, 0.05) is 24.2 Å². The SMILES string of the molecule is CCc1ncc(CNCc2ccccc2C)s1. The van der Waals surface area contributed by atoms with Crippen molar-refractivity contribution in [3.8, 4) is 0 Å². The van der Waals surface area contributed by atoms with Crippen LogP contribution in [0.3, 0.4) is 0 Å². The molecule has 0 fully saturated rings. The van der Waals surface area contributed by atoms with E-state index < -0.39 is 0 Å². The van der Waals surface area contributed by atoms with Gasteiger partial charge < -0.3 is 5.32 Å². The summed E-state index contributed by atoms with van der Waals surface area (Å²) in [6.07, 6.45) is 3.01. The first-order valence-electron chi connectivity index (χ1n) is 5.98. The predicted octanol–water partition coefficient (Wildman–Crippen LogP) is 3.30. The number of rotatable bonds is 5. The van der Waals surface area contributed by atoms with Crippen molar-refractivity contribution in [2.45, 2.75) is 33.4 Å². The van der Waals surface area contributed by atoms with Gasteiger partial charge in [-0.05, 0) is 24.5 Å². The standard InChI is InChI=1S/C14H18N2S/c1-3-14-16-10-13(17-14)9-15-8-12-7-5-4-6-11(12)2/h4-7,10,15H,3,8-9H2,1-2H3. The summed E-state index contributed by atoms with van der Waals surface area (Å²) in [6.45, 7) is 6.13. The number of nitrogens with one attached hydrogen (secondary N) is 1. The second kappa shape index (κ2) is 5.94. The van der Waals surface area contributed by atoms with Crippen molar-refractivity contribution < 1.29 is 0 Å². The van der Waals surface area contributed by atoms with Crippen LogP contribution in [0.25, 0.3) is 0 Å². The van der Waals surface area contributed by atoms with E-state index in [1.54, 1.807) is 11.3 Å². The largest absolute Gasteiger partial charge is 0.308 e. The minimum atomic E-state index is 0.909. The molecule has 0 aliphatic heterocycles. The van der Waals surface area contributed by atoms with Gasteiger partial charge >= 0.3 is 0 Å². The van der Waals surface area contributed by atoms with E-state index in [4.69, 9.17) is 0 Å². The van der Waals surface area contributed by atoms with Crippen molar-refractivity contribution in [2.24, 2.45) is 0 Å². The van der Waals surface area contributed by atoms with Crippen molar-refractivity contribution in [3.05, 3.63) is 51.5 Å². The third-order valence-corrected chi connectivity index (χ3v) is 3.92. The lowest BCUT2D eigenvalue weighted by atomic mass is 10.1. The van der Waals surface area contributed by atoms with Crippen LogP contribution in [0.4, 0.5) is 0 Å². The Bertz CT molecular complexity index is 477. The molecule has 1 N–H and O–H groups in total. The number of benzene rings is 1. The molecule has 90 valence electrons. The van der Waals surface area contributed by atoms with Crippen LogP contribution in [-0.4, -0.2) is 4.98 Å². The van der Waals surface area contributed by atoms with Crippen LogP contribution in [0.1, 0.15) is 27.9 Å². The highest BCUT2D eigenvalue weighted by atomic mass is 32.1. The number of aryl methyl sites for hydroxylation is 2. The van der Waals surface area contributed by atoms with E-state index in [0.29, 0.717) is 0 Å². The summed E-state index contributed by atoms with van der Waals surface area (Å²) in [6, 6.07) is 8.49. The zero-order valence-corrected chi connectivity index (χ0v) is 11.2. The van der Waals surface area contributed by atoms with Crippen molar-refractivity contribution >= 4 is 11.3 Å². The Labute approximate surface area is 107 Å². The maximum atomic E-state index is 4.36. The molecule has 3 heteroatoms. The maximum Gasteiger partial charge on any atom is 0.0925 e. The number of hydrogen-bond donors (Lipinski definition) is 1. The van der Waals surface area contributed by atoms with E-state index in [1.807, 2.05) is 6.20 Å². The lowest BCUT2D eigenvalue weighted by molar-refractivity contribution is 0.697. The molecule has 2 nitrogen and oxygen atoms in total. The molecular formula is C14H18N2S. The maximum absolute atomic E-state index is 4.36. The molecule has 1 aromatic carbocycles. The summed E-state index contributed by atoms with van der Waals surface area (Å²) < 4.78 is 0. The Morgan fingerprint density at radius 1 is 1.24 bits per heavy atom. The van der Waals surface area contributed by atoms with Gasteiger partial charge in [-0.1, -0.05) is 31.2 Å². The van der Waals surface area contributed by atoms with Gasteiger partial charge in [0.15, 0.2) is 0 Å². The molecule has 0 amide bonds. The summed E-state index contributed by atoms with van der Waals surface area (Å²) in [7, 11) is 0. The van der Waals surface area contributed by atoms with E-state index in [0.717, 1.165) is 19.5 Å². The Morgan fingerprint density at radius 2 is 2.06 bits per heavy atom. The molecule has 0 saturated heterocycles. The monoisotopic (exact) mass is 246 g/mol. The highest BCUT2D eigenvalue weighted by Crippen LogP contribution is 2.13. The lowest BCUT2D eigenvalue weighted by Crippen LogP contribution is -2.12. The summed E-state index contributed by atoms with van der Waals surface area (Å²) in [5, 5.41) is 4.69. The fourth-order valence-corrected chi connectivity index (χ4v) is 2.55. The fourth-order valence-electron chi connectivity index (χ4n) is 1.72. The Hall–Kier alpha value is -1.19. The quantitative estimate of drug-likeness (QED) is 0.875. The molecule has 1 heterocycles. The number of hydrogen-bond acceptors (Lipinski definition) is 3. The lowest BCUT2D eigenvalue weighted by Gasteiger charge is -2.06. The molecule has 0 aliphatic rings. The van der Waals surface area contributed by atoms with Gasteiger partial charge in [0.05, 0.1) is 5.01 Å². The van der Waals surface area contributed by atoms with Crippen molar-refractivity contribution in [3.63, 3.8) is 0 Å². The van der Waals surface area contributed by atoms with Gasteiger partial charge in [0.25, 0.3) is 0 Å². The summed E-state index contributed by atoms with van der Waals surface area (Å²) in [4.78, 5) is 5.67. The van der Waals surface area contributed by atoms with E-state index in [1.165, 1.54) is 21.0 Å². The van der Waals surface area contributed by atoms with E-state index in [-0.39, 0.29) is 0 Å². The van der Waals surface area contributed by atoms with Gasteiger partial charge in [-0.3, -0.25) is 0 Å². The Balaban J connectivity index is 1.85. The van der Waals surface area contributed by atoms with Gasteiger partial charge in [-0.25, -0.2) is 4.98 Å². The first-order valence-corrected chi connectivity index (χ1v) is 6.80. The Morgan fingerprint density at radius 3 is 2.76 bits per heavy atom. The second-order valence-corrected chi connectivity index (χ2v) is 5.30. The molecule has 1 aromatic heterocycles. The van der Waals surface area contributed by atoms with E-state index >= 15 is 0 Å². The highest BCUT2D eigenvalue weighted by Gasteiger charge is 2.00. The van der Waals surface area contributed by atoms with Gasteiger partial charge in [0.1, 0.15) is 0 Å². The normalized spacial score (nSPS) is 10.7. The predicted molar refractivity (Wildman–Crippen MR) is 73.2 cm³/mol. The summed E-state index contributed by atoms with van der Waals surface area (Å²) >= 11 is 1.80. The third kappa shape index (κ3) is 3.38. The van der Waals surface area contributed by atoms with Crippen molar-refractivity contribution in [1.82, 2.24) is 10.3 Å². The zero-order valence-electron chi connectivity index (χ0n) is 10.4. The summed E-state index contributed by atoms with van der Waals surface area (Å²) in [5.41, 5.74) is 2.71. The first kappa shape index (κ1) is 12.3. The minimum absolute atomic E-state index is 0.909. The average Bonchev–Trinajstić information content (AvgIpc) is 2.80. The fraction of sp³-hybridized carbons (Fsp3) is 0.357. The van der Waals surface area contributed by atoms with Crippen LogP contribution >= 0.6 is 11.3 Å². The van der Waals surface area contributed by atoms with Gasteiger partial charge in [-0.15, -0.1) is 11.3 Å². The Kier molecular flexibility index (Phi) is 4.29. The number of aromatic nitrogens is 1. The van der Waals surface area contributed by atoms with Crippen LogP contribution in [0.2, 0.25) is 0 Å².